The SMILES string of the molecule is CC1(C)OB(c2ccc(-c3cc(-c4ccc(B5OC(C)(C)C(C)(C)O5)cc4)cc(-c4ccc(B5OC(C)(C)C(C)(C)O5)cc4)c3)cc2)OC1(C)C.CCCCC(CC)Cc1ccc(-c2ccc(-c3ccc(-c4ccc(Br)s4)c4nsnc34)s2)s1. The molecule has 16 heteroatoms. The molecule has 5 aromatic carbocycles. The molecule has 0 aliphatic carbocycles. The first-order valence-corrected chi connectivity index (χ1v) is 33.5. The van der Waals surface area contributed by atoms with Gasteiger partial charge >= 0.3 is 21.4 Å². The highest BCUT2D eigenvalue weighted by Gasteiger charge is 2.54. The molecular formula is C68H76B3BrN2O6S4. The molecule has 9 aromatic rings. The van der Waals surface area contributed by atoms with Crippen molar-refractivity contribution < 1.29 is 27.9 Å². The number of thiophene rings is 3. The molecule has 7 heterocycles. The van der Waals surface area contributed by atoms with E-state index in [0.717, 1.165) is 76.1 Å². The maximum absolute atomic E-state index is 6.33. The van der Waals surface area contributed by atoms with Gasteiger partial charge in [0.05, 0.1) is 49.1 Å². The average Bonchev–Trinajstić information content (AvgIpc) is 3.96. The van der Waals surface area contributed by atoms with Crippen LogP contribution in [0.2, 0.25) is 0 Å². The summed E-state index contributed by atoms with van der Waals surface area (Å²) in [6.07, 6.45) is 6.46. The third kappa shape index (κ3) is 12.5. The summed E-state index contributed by atoms with van der Waals surface area (Å²) < 4.78 is 48.4. The molecule has 0 N–H and O–H groups in total. The lowest BCUT2D eigenvalue weighted by atomic mass is 9.78. The van der Waals surface area contributed by atoms with E-state index in [2.05, 4.69) is 261 Å². The first-order valence-electron chi connectivity index (χ1n) is 29.6. The number of unbranched alkanes of at least 4 members (excludes halogenated alkanes) is 1. The number of nitrogens with zero attached hydrogens (tertiary/aromatic N) is 2. The van der Waals surface area contributed by atoms with Crippen molar-refractivity contribution in [1.29, 1.82) is 0 Å². The molecule has 1 atom stereocenters. The lowest BCUT2D eigenvalue weighted by Crippen LogP contribution is -2.41. The summed E-state index contributed by atoms with van der Waals surface area (Å²) in [5.41, 5.74) is 11.7. The molecule has 8 nitrogen and oxygen atoms in total. The van der Waals surface area contributed by atoms with E-state index in [-0.39, 0.29) is 0 Å². The van der Waals surface area contributed by atoms with Crippen LogP contribution in [0.15, 0.2) is 143 Å². The molecule has 1 unspecified atom stereocenters. The number of rotatable bonds is 15. The Hall–Kier alpha value is -4.55. The van der Waals surface area contributed by atoms with Gasteiger partial charge in [-0.3, -0.25) is 0 Å². The van der Waals surface area contributed by atoms with Crippen LogP contribution in [0.3, 0.4) is 0 Å². The number of fused-ring (bicyclic) bond motifs is 1. The minimum atomic E-state index is -0.407. The maximum Gasteiger partial charge on any atom is 0.494 e. The minimum absolute atomic E-state index is 0.393. The van der Waals surface area contributed by atoms with E-state index in [9.17, 15) is 0 Å². The summed E-state index contributed by atoms with van der Waals surface area (Å²) in [6, 6.07) is 50.2. The van der Waals surface area contributed by atoms with Gasteiger partial charge in [0.1, 0.15) is 11.0 Å². The molecule has 0 bridgehead atoms. The Kier molecular flexibility index (Phi) is 17.4. The molecule has 84 heavy (non-hydrogen) atoms. The third-order valence-electron chi connectivity index (χ3n) is 18.3. The van der Waals surface area contributed by atoms with Crippen LogP contribution in [-0.2, 0) is 34.3 Å². The van der Waals surface area contributed by atoms with Crippen molar-refractivity contribution in [3.8, 4) is 64.0 Å². The Bertz CT molecular complexity index is 3490. The number of hydrogen-bond acceptors (Lipinski definition) is 12. The van der Waals surface area contributed by atoms with Gasteiger partial charge in [0.25, 0.3) is 0 Å². The van der Waals surface area contributed by atoms with Crippen molar-refractivity contribution in [1.82, 2.24) is 8.75 Å². The van der Waals surface area contributed by atoms with E-state index in [0.29, 0.717) is 0 Å². The molecular weight excluding hydrogens is 1180 g/mol. The van der Waals surface area contributed by atoms with Gasteiger partial charge in [-0.1, -0.05) is 124 Å². The molecule has 434 valence electrons. The third-order valence-corrected chi connectivity index (χ3v) is 22.9. The topological polar surface area (TPSA) is 81.2 Å². The molecule has 3 fully saturated rings. The summed E-state index contributed by atoms with van der Waals surface area (Å²) in [5.74, 6) is 0.809. The van der Waals surface area contributed by atoms with Gasteiger partial charge in [-0.05, 0) is 216 Å². The smallest absolute Gasteiger partial charge is 0.399 e. The number of benzene rings is 5. The molecule has 4 aromatic heterocycles. The quantitative estimate of drug-likeness (QED) is 0.0939. The highest BCUT2D eigenvalue weighted by Crippen LogP contribution is 2.45. The van der Waals surface area contributed by atoms with Crippen molar-refractivity contribution in [3.63, 3.8) is 0 Å². The molecule has 3 saturated heterocycles. The van der Waals surface area contributed by atoms with Gasteiger partial charge in [-0.15, -0.1) is 34.0 Å². The Morgan fingerprint density at radius 1 is 0.417 bits per heavy atom. The summed E-state index contributed by atoms with van der Waals surface area (Å²) in [7, 11) is -1.22. The number of hydrogen-bond donors (Lipinski definition) is 0. The van der Waals surface area contributed by atoms with Crippen LogP contribution in [0.25, 0.3) is 75.0 Å². The summed E-state index contributed by atoms with van der Waals surface area (Å²) >= 11 is 10.4. The Morgan fingerprint density at radius 3 is 1.14 bits per heavy atom. The fraction of sp³-hybridized carbons (Fsp3) is 0.382. The lowest BCUT2D eigenvalue weighted by Gasteiger charge is -2.32. The number of aromatic nitrogens is 2. The van der Waals surface area contributed by atoms with Gasteiger partial charge in [0, 0.05) is 35.5 Å². The van der Waals surface area contributed by atoms with Crippen molar-refractivity contribution in [3.05, 3.63) is 148 Å². The van der Waals surface area contributed by atoms with Gasteiger partial charge in [-0.25, -0.2) is 0 Å². The average molecular weight is 1260 g/mol. The van der Waals surface area contributed by atoms with Gasteiger partial charge in [0.15, 0.2) is 0 Å². The van der Waals surface area contributed by atoms with E-state index in [4.69, 9.17) is 27.9 Å². The molecule has 0 amide bonds. The Balaban J connectivity index is 0.000000192. The van der Waals surface area contributed by atoms with Gasteiger partial charge in [-0.2, -0.15) is 8.75 Å². The second-order valence-corrected chi connectivity index (χ2v) is 30.9. The molecule has 0 saturated carbocycles. The van der Waals surface area contributed by atoms with Crippen LogP contribution < -0.4 is 16.4 Å². The van der Waals surface area contributed by atoms with Crippen LogP contribution in [0, 0.1) is 5.92 Å². The van der Waals surface area contributed by atoms with Crippen LogP contribution in [0.5, 0.6) is 0 Å². The van der Waals surface area contributed by atoms with E-state index < -0.39 is 55.0 Å². The molecule has 3 aliphatic rings. The largest absolute Gasteiger partial charge is 0.494 e. The van der Waals surface area contributed by atoms with Crippen LogP contribution in [0.4, 0.5) is 0 Å². The van der Waals surface area contributed by atoms with E-state index in [1.807, 2.05) is 22.7 Å². The predicted octanol–water partition coefficient (Wildman–Crippen LogP) is 18.0. The van der Waals surface area contributed by atoms with Crippen LogP contribution in [0.1, 0.15) is 127 Å². The van der Waals surface area contributed by atoms with E-state index in [1.54, 1.807) is 11.3 Å². The lowest BCUT2D eigenvalue weighted by molar-refractivity contribution is 0.00578. The fourth-order valence-electron chi connectivity index (χ4n) is 10.7. The standard InChI is InChI=1S/C42H51B3O6.C26H25BrN2S4/c1-37(2)38(3,4)47-43(46-37)34-19-13-28(14-20-34)31-25-32(29-15-21-35(22-16-29)44-48-39(5,6)40(7,8)49-44)27-33(26-31)30-17-23-36(24-18-30)45-50-41(9,10)42(11,12)51-45;1-3-5-6-16(4-2)15-17-7-10-22(30-17)23-12-11-20(31-23)18-8-9-19(21-13-14-24(27)32-21)26-25(18)28-33-29-26/h13-27H,1-12H3;7-14,16H,3-6,15H2,1-2H3. The second-order valence-electron chi connectivity index (χ2n) is 25.7. The van der Waals surface area contributed by atoms with Crippen molar-refractivity contribution >= 4 is 110 Å². The first kappa shape index (κ1) is 61.1. The monoisotopic (exact) mass is 1260 g/mol. The molecule has 0 radical (unpaired) electrons. The summed E-state index contributed by atoms with van der Waals surface area (Å²) in [6.45, 7) is 29.6. The van der Waals surface area contributed by atoms with E-state index in [1.165, 1.54) is 73.8 Å². The normalized spacial score (nSPS) is 18.6. The highest BCUT2D eigenvalue weighted by molar-refractivity contribution is 9.11. The second kappa shape index (κ2) is 23.9. The zero-order valence-electron chi connectivity index (χ0n) is 51.0. The molecule has 3 aliphatic heterocycles. The molecule has 0 spiro atoms. The fourth-order valence-corrected chi connectivity index (χ4v) is 15.0. The highest BCUT2D eigenvalue weighted by atomic mass is 79.9. The summed E-state index contributed by atoms with van der Waals surface area (Å²) in [4.78, 5) is 6.70. The van der Waals surface area contributed by atoms with Gasteiger partial charge in [0.2, 0.25) is 0 Å². The first-order chi connectivity index (χ1) is 39.8. The van der Waals surface area contributed by atoms with Crippen molar-refractivity contribution in [2.24, 2.45) is 5.92 Å². The van der Waals surface area contributed by atoms with E-state index >= 15 is 0 Å². The minimum Gasteiger partial charge on any atom is -0.399 e. The molecule has 12 rings (SSSR count). The van der Waals surface area contributed by atoms with Crippen molar-refractivity contribution in [2.45, 2.75) is 163 Å². The maximum atomic E-state index is 6.33. The number of halogens is 1. The summed E-state index contributed by atoms with van der Waals surface area (Å²) in [5, 5.41) is 0. The Labute approximate surface area is 523 Å². The zero-order chi connectivity index (χ0) is 59.6. The van der Waals surface area contributed by atoms with Gasteiger partial charge < -0.3 is 27.9 Å². The Morgan fingerprint density at radius 2 is 0.774 bits per heavy atom. The van der Waals surface area contributed by atoms with Crippen molar-refractivity contribution in [2.75, 3.05) is 0 Å². The zero-order valence-corrected chi connectivity index (χ0v) is 55.8. The predicted molar refractivity (Wildman–Crippen MR) is 362 cm³/mol. The van der Waals surface area contributed by atoms with Crippen LogP contribution >= 0.6 is 61.7 Å². The van der Waals surface area contributed by atoms with Crippen LogP contribution in [-0.4, -0.2) is 63.7 Å².